The van der Waals surface area contributed by atoms with E-state index < -0.39 is 0 Å². The Hall–Kier alpha value is -2.38. The molecule has 0 saturated heterocycles. The molecule has 2 aromatic heterocycles. The largest absolute Gasteiger partial charge is 0.384 e. The zero-order valence-corrected chi connectivity index (χ0v) is 10.8. The number of pyridine rings is 2. The Balaban J connectivity index is 2.71. The van der Waals surface area contributed by atoms with Gasteiger partial charge < -0.3 is 5.11 Å². The van der Waals surface area contributed by atoms with Gasteiger partial charge in [0.25, 0.3) is 5.56 Å². The van der Waals surface area contributed by atoms with Crippen molar-refractivity contribution in [3.63, 3.8) is 0 Å². The smallest absolute Gasteiger partial charge is 0.271 e. The third kappa shape index (κ3) is 2.56. The zero-order valence-electron chi connectivity index (χ0n) is 10.8. The summed E-state index contributed by atoms with van der Waals surface area (Å²) in [5, 5.41) is 8.71. The molecule has 2 aromatic rings. The number of aliphatic hydroxyl groups excluding tert-OH is 1. The maximum atomic E-state index is 12.4. The predicted molar refractivity (Wildman–Crippen MR) is 73.3 cm³/mol. The van der Waals surface area contributed by atoms with Crippen LogP contribution in [0.1, 0.15) is 16.8 Å². The lowest BCUT2D eigenvalue weighted by Gasteiger charge is -2.12. The summed E-state index contributed by atoms with van der Waals surface area (Å²) in [6.45, 7) is 3.51. The van der Waals surface area contributed by atoms with Gasteiger partial charge in [-0.05, 0) is 37.6 Å². The SMILES string of the molecule is Cc1cnccc1-n1c(C)ccc(C#CCO)c1=O. The van der Waals surface area contributed by atoms with E-state index in [1.54, 1.807) is 29.1 Å². The Labute approximate surface area is 111 Å². The quantitative estimate of drug-likeness (QED) is 0.778. The number of aromatic nitrogens is 2. The summed E-state index contributed by atoms with van der Waals surface area (Å²) in [5.41, 5.74) is 2.73. The molecule has 1 N–H and O–H groups in total. The van der Waals surface area contributed by atoms with Crippen molar-refractivity contribution in [2.24, 2.45) is 0 Å². The fraction of sp³-hybridized carbons (Fsp3) is 0.200. The molecule has 0 atom stereocenters. The minimum Gasteiger partial charge on any atom is -0.384 e. The second-order valence-corrected chi connectivity index (χ2v) is 4.15. The molecule has 0 aliphatic heterocycles. The van der Waals surface area contributed by atoms with Crippen molar-refractivity contribution in [2.45, 2.75) is 13.8 Å². The molecule has 0 aromatic carbocycles. The molecule has 0 fully saturated rings. The number of aryl methyl sites for hydroxylation is 2. The summed E-state index contributed by atoms with van der Waals surface area (Å²) in [6, 6.07) is 5.31. The molecular formula is C15H14N2O2. The van der Waals surface area contributed by atoms with Gasteiger partial charge in [-0.3, -0.25) is 14.3 Å². The van der Waals surface area contributed by atoms with Crippen LogP contribution in [0.4, 0.5) is 0 Å². The van der Waals surface area contributed by atoms with Crippen LogP contribution in [0.2, 0.25) is 0 Å². The highest BCUT2D eigenvalue weighted by atomic mass is 16.2. The highest BCUT2D eigenvalue weighted by molar-refractivity contribution is 5.43. The summed E-state index contributed by atoms with van der Waals surface area (Å²) in [5.74, 6) is 5.17. The number of rotatable bonds is 1. The van der Waals surface area contributed by atoms with Crippen molar-refractivity contribution in [1.82, 2.24) is 9.55 Å². The third-order valence-electron chi connectivity index (χ3n) is 2.81. The summed E-state index contributed by atoms with van der Waals surface area (Å²) < 4.78 is 1.61. The van der Waals surface area contributed by atoms with Gasteiger partial charge >= 0.3 is 0 Å². The molecule has 0 saturated carbocycles. The van der Waals surface area contributed by atoms with Gasteiger partial charge in [0.2, 0.25) is 0 Å². The molecule has 4 nitrogen and oxygen atoms in total. The molecule has 0 unspecified atom stereocenters. The second kappa shape index (κ2) is 5.51. The monoisotopic (exact) mass is 254 g/mol. The minimum absolute atomic E-state index is 0.185. The minimum atomic E-state index is -0.262. The van der Waals surface area contributed by atoms with Crippen molar-refractivity contribution in [3.05, 3.63) is 57.8 Å². The fourth-order valence-corrected chi connectivity index (χ4v) is 1.88. The van der Waals surface area contributed by atoms with E-state index in [0.717, 1.165) is 16.9 Å². The van der Waals surface area contributed by atoms with Crippen molar-refractivity contribution >= 4 is 0 Å². The van der Waals surface area contributed by atoms with E-state index in [9.17, 15) is 4.79 Å². The van der Waals surface area contributed by atoms with Crippen LogP contribution >= 0.6 is 0 Å². The van der Waals surface area contributed by atoms with Gasteiger partial charge in [0.05, 0.1) is 11.3 Å². The first-order valence-corrected chi connectivity index (χ1v) is 5.88. The molecule has 0 aliphatic rings. The van der Waals surface area contributed by atoms with Gasteiger partial charge in [-0.15, -0.1) is 0 Å². The Morgan fingerprint density at radius 2 is 2.11 bits per heavy atom. The highest BCUT2D eigenvalue weighted by Gasteiger charge is 2.08. The number of hydrogen-bond donors (Lipinski definition) is 1. The van der Waals surface area contributed by atoms with Crippen molar-refractivity contribution in [1.29, 1.82) is 0 Å². The molecule has 0 amide bonds. The number of hydrogen-bond acceptors (Lipinski definition) is 3. The maximum Gasteiger partial charge on any atom is 0.271 e. The van der Waals surface area contributed by atoms with Crippen LogP contribution in [-0.2, 0) is 0 Å². The van der Waals surface area contributed by atoms with E-state index in [1.165, 1.54) is 0 Å². The van der Waals surface area contributed by atoms with Crippen LogP contribution in [0.15, 0.2) is 35.4 Å². The van der Waals surface area contributed by atoms with E-state index in [2.05, 4.69) is 16.8 Å². The maximum absolute atomic E-state index is 12.4. The third-order valence-corrected chi connectivity index (χ3v) is 2.81. The van der Waals surface area contributed by atoms with Crippen LogP contribution in [0.5, 0.6) is 0 Å². The van der Waals surface area contributed by atoms with Gasteiger partial charge in [-0.25, -0.2) is 0 Å². The van der Waals surface area contributed by atoms with Gasteiger partial charge in [0.1, 0.15) is 6.61 Å². The number of nitrogens with zero attached hydrogens (tertiary/aromatic N) is 2. The van der Waals surface area contributed by atoms with E-state index >= 15 is 0 Å². The average molecular weight is 254 g/mol. The van der Waals surface area contributed by atoms with Crippen LogP contribution in [0.3, 0.4) is 0 Å². The first-order valence-electron chi connectivity index (χ1n) is 5.88. The molecular weight excluding hydrogens is 240 g/mol. The Morgan fingerprint density at radius 3 is 2.79 bits per heavy atom. The summed E-state index contributed by atoms with van der Waals surface area (Å²) in [7, 11) is 0. The average Bonchev–Trinajstić information content (AvgIpc) is 2.40. The van der Waals surface area contributed by atoms with Crippen LogP contribution in [0.25, 0.3) is 5.69 Å². The van der Waals surface area contributed by atoms with Crippen molar-refractivity contribution in [2.75, 3.05) is 6.61 Å². The molecule has 0 bridgehead atoms. The number of aliphatic hydroxyl groups is 1. The van der Waals surface area contributed by atoms with E-state index in [-0.39, 0.29) is 12.2 Å². The van der Waals surface area contributed by atoms with Gasteiger partial charge in [0, 0.05) is 18.1 Å². The van der Waals surface area contributed by atoms with E-state index in [0.29, 0.717) is 5.56 Å². The van der Waals surface area contributed by atoms with Crippen molar-refractivity contribution in [3.8, 4) is 17.5 Å². The Kier molecular flexibility index (Phi) is 3.79. The zero-order chi connectivity index (χ0) is 13.8. The lowest BCUT2D eigenvalue weighted by Crippen LogP contribution is -2.23. The summed E-state index contributed by atoms with van der Waals surface area (Å²) in [6.07, 6.45) is 3.37. The van der Waals surface area contributed by atoms with E-state index in [4.69, 9.17) is 5.11 Å². The highest BCUT2D eigenvalue weighted by Crippen LogP contribution is 2.12. The lowest BCUT2D eigenvalue weighted by molar-refractivity contribution is 0.350. The molecule has 4 heteroatoms. The first-order chi connectivity index (χ1) is 9.15. The normalized spacial score (nSPS) is 9.84. The molecule has 2 heterocycles. The van der Waals surface area contributed by atoms with Crippen LogP contribution in [-0.4, -0.2) is 21.3 Å². The molecule has 0 radical (unpaired) electrons. The van der Waals surface area contributed by atoms with E-state index in [1.807, 2.05) is 19.9 Å². The standard InChI is InChI=1S/C15H14N2O2/c1-11-10-16-8-7-14(11)17-12(2)5-6-13(15(17)19)4-3-9-18/h5-8,10,18H,9H2,1-2H3. The summed E-state index contributed by atoms with van der Waals surface area (Å²) >= 11 is 0. The molecule has 96 valence electrons. The second-order valence-electron chi connectivity index (χ2n) is 4.15. The lowest BCUT2D eigenvalue weighted by atomic mass is 10.2. The van der Waals surface area contributed by atoms with Crippen LogP contribution in [0, 0.1) is 25.7 Å². The Bertz CT molecular complexity index is 721. The van der Waals surface area contributed by atoms with Crippen LogP contribution < -0.4 is 5.56 Å². The van der Waals surface area contributed by atoms with Crippen molar-refractivity contribution < 1.29 is 5.11 Å². The first kappa shape index (κ1) is 13.1. The molecule has 0 spiro atoms. The molecule has 2 rings (SSSR count). The topological polar surface area (TPSA) is 55.1 Å². The molecule has 0 aliphatic carbocycles. The van der Waals surface area contributed by atoms with Gasteiger partial charge in [0.15, 0.2) is 0 Å². The van der Waals surface area contributed by atoms with Gasteiger partial charge in [-0.1, -0.05) is 11.8 Å². The predicted octanol–water partition coefficient (Wildman–Crippen LogP) is 1.19. The van der Waals surface area contributed by atoms with Gasteiger partial charge in [-0.2, -0.15) is 0 Å². The molecule has 19 heavy (non-hydrogen) atoms. The fourth-order valence-electron chi connectivity index (χ4n) is 1.88. The summed E-state index contributed by atoms with van der Waals surface area (Å²) in [4.78, 5) is 16.4. The Morgan fingerprint density at radius 1 is 1.32 bits per heavy atom.